The van der Waals surface area contributed by atoms with Crippen LogP contribution in [0.2, 0.25) is 0 Å². The minimum absolute atomic E-state index is 0.0603. The standard InChI is InChI=1S/C27H32FN5O4S/c1-3-29-26(34)30-20-10-8-19(9-11-20)25-31-23(16-24(32-25)33-14-15-37-17-18(33)2)27(12-13-27)38(35,36)22-7-5-4-6-21(22)28/h4-11,16,18,35-36H,3,12-15,17H2,1-2H3,(H2,29,30,34)/t18-/m0/s1. The lowest BCUT2D eigenvalue weighted by molar-refractivity contribution is 0.0985. The Balaban J connectivity index is 1.56. The highest BCUT2D eigenvalue weighted by atomic mass is 32.3. The van der Waals surface area contributed by atoms with Gasteiger partial charge in [-0.05, 0) is 63.1 Å². The van der Waals surface area contributed by atoms with Crippen LogP contribution in [0.4, 0.5) is 20.7 Å². The molecule has 1 aliphatic carbocycles. The van der Waals surface area contributed by atoms with Crippen LogP contribution in [-0.4, -0.2) is 57.4 Å². The van der Waals surface area contributed by atoms with Gasteiger partial charge in [-0.2, -0.15) is 10.6 Å². The number of nitrogens with zero attached hydrogens (tertiary/aromatic N) is 3. The molecule has 4 N–H and O–H groups in total. The smallest absolute Gasteiger partial charge is 0.319 e. The van der Waals surface area contributed by atoms with Gasteiger partial charge < -0.3 is 20.3 Å². The molecule has 5 rings (SSSR count). The lowest BCUT2D eigenvalue weighted by atomic mass is 10.1. The van der Waals surface area contributed by atoms with E-state index in [1.807, 2.05) is 26.0 Å². The number of nitrogens with one attached hydrogen (secondary N) is 2. The predicted molar refractivity (Wildman–Crippen MR) is 146 cm³/mol. The normalized spacial score (nSPS) is 19.1. The number of hydrogen-bond donors (Lipinski definition) is 4. The van der Waals surface area contributed by atoms with Gasteiger partial charge in [0.1, 0.15) is 16.4 Å². The van der Waals surface area contributed by atoms with Crippen LogP contribution < -0.4 is 15.5 Å². The van der Waals surface area contributed by atoms with E-state index in [4.69, 9.17) is 14.7 Å². The fourth-order valence-corrected chi connectivity index (χ4v) is 6.83. The molecule has 0 spiro atoms. The molecule has 1 saturated carbocycles. The van der Waals surface area contributed by atoms with E-state index in [1.54, 1.807) is 24.3 Å². The van der Waals surface area contributed by atoms with Crippen molar-refractivity contribution < 1.29 is 23.0 Å². The van der Waals surface area contributed by atoms with E-state index < -0.39 is 21.2 Å². The highest BCUT2D eigenvalue weighted by Crippen LogP contribution is 2.75. The van der Waals surface area contributed by atoms with E-state index in [2.05, 4.69) is 15.5 Å². The van der Waals surface area contributed by atoms with Gasteiger partial charge in [-0.25, -0.2) is 19.2 Å². The Labute approximate surface area is 222 Å². The van der Waals surface area contributed by atoms with Crippen LogP contribution in [0.5, 0.6) is 0 Å². The first-order valence-corrected chi connectivity index (χ1v) is 14.2. The summed E-state index contributed by atoms with van der Waals surface area (Å²) in [6.07, 6.45) is 0.932. The number of aromatic nitrogens is 2. The molecule has 2 aliphatic rings. The van der Waals surface area contributed by atoms with E-state index in [9.17, 15) is 18.3 Å². The zero-order valence-corrected chi connectivity index (χ0v) is 22.2. The minimum atomic E-state index is -3.56. The molecule has 202 valence electrons. The fourth-order valence-electron chi connectivity index (χ4n) is 4.74. The van der Waals surface area contributed by atoms with Crippen LogP contribution >= 0.6 is 10.6 Å². The van der Waals surface area contributed by atoms with Crippen molar-refractivity contribution in [3.63, 3.8) is 0 Å². The molecule has 1 atom stereocenters. The van der Waals surface area contributed by atoms with Crippen molar-refractivity contribution in [3.05, 3.63) is 66.1 Å². The fraction of sp³-hybridized carbons (Fsp3) is 0.370. The van der Waals surface area contributed by atoms with E-state index in [1.165, 1.54) is 18.2 Å². The van der Waals surface area contributed by atoms with Crippen LogP contribution in [0.3, 0.4) is 0 Å². The topological polar surface area (TPSA) is 120 Å². The van der Waals surface area contributed by atoms with Crippen LogP contribution in [0.25, 0.3) is 11.4 Å². The lowest BCUT2D eigenvalue weighted by Crippen LogP contribution is -2.44. The first-order chi connectivity index (χ1) is 18.2. The van der Waals surface area contributed by atoms with Crippen molar-refractivity contribution in [2.75, 3.05) is 36.5 Å². The molecule has 2 heterocycles. The molecule has 1 saturated heterocycles. The third kappa shape index (κ3) is 4.94. The molecule has 0 radical (unpaired) electrons. The summed E-state index contributed by atoms with van der Waals surface area (Å²) in [7, 11) is -3.56. The predicted octanol–water partition coefficient (Wildman–Crippen LogP) is 5.45. The van der Waals surface area contributed by atoms with Crippen molar-refractivity contribution in [1.82, 2.24) is 15.3 Å². The summed E-state index contributed by atoms with van der Waals surface area (Å²) in [5.41, 5.74) is 1.79. The number of ether oxygens (including phenoxy) is 1. The van der Waals surface area contributed by atoms with Crippen LogP contribution in [-0.2, 0) is 9.48 Å². The van der Waals surface area contributed by atoms with Gasteiger partial charge in [0.25, 0.3) is 0 Å². The third-order valence-electron chi connectivity index (χ3n) is 6.97. The number of amides is 2. The molecule has 38 heavy (non-hydrogen) atoms. The van der Waals surface area contributed by atoms with Gasteiger partial charge in [0.05, 0.1) is 29.8 Å². The van der Waals surface area contributed by atoms with Gasteiger partial charge in [0, 0.05) is 30.4 Å². The van der Waals surface area contributed by atoms with Gasteiger partial charge in [-0.3, -0.25) is 9.11 Å². The summed E-state index contributed by atoms with van der Waals surface area (Å²) >= 11 is 0. The molecule has 0 bridgehead atoms. The molecule has 1 aromatic heterocycles. The van der Waals surface area contributed by atoms with Crippen molar-refractivity contribution in [1.29, 1.82) is 0 Å². The molecule has 11 heteroatoms. The Kier molecular flexibility index (Phi) is 7.28. The van der Waals surface area contributed by atoms with Gasteiger partial charge in [-0.1, -0.05) is 12.1 Å². The van der Waals surface area contributed by atoms with E-state index in [0.29, 0.717) is 67.7 Å². The first kappa shape index (κ1) is 26.4. The lowest BCUT2D eigenvalue weighted by Gasteiger charge is -2.41. The van der Waals surface area contributed by atoms with E-state index in [0.717, 1.165) is 0 Å². The van der Waals surface area contributed by atoms with Gasteiger partial charge in [0.2, 0.25) is 0 Å². The second-order valence-corrected chi connectivity index (χ2v) is 11.9. The molecule has 1 aliphatic heterocycles. The maximum absolute atomic E-state index is 14.7. The van der Waals surface area contributed by atoms with E-state index in [-0.39, 0.29) is 17.0 Å². The number of hydrogen-bond acceptors (Lipinski definition) is 7. The molecule has 0 unspecified atom stereocenters. The average molecular weight is 542 g/mol. The van der Waals surface area contributed by atoms with Gasteiger partial charge in [-0.15, -0.1) is 0 Å². The number of morpholine rings is 1. The van der Waals surface area contributed by atoms with Gasteiger partial charge >= 0.3 is 6.03 Å². The second-order valence-electron chi connectivity index (χ2n) is 9.59. The largest absolute Gasteiger partial charge is 0.377 e. The Morgan fingerprint density at radius 1 is 1.18 bits per heavy atom. The number of anilines is 2. The maximum Gasteiger partial charge on any atom is 0.319 e. The van der Waals surface area contributed by atoms with Crippen LogP contribution in [0, 0.1) is 5.82 Å². The first-order valence-electron chi connectivity index (χ1n) is 12.7. The number of carbonyl (C=O) groups excluding carboxylic acids is 1. The Hall–Kier alpha value is -3.25. The zero-order chi connectivity index (χ0) is 26.9. The molecule has 9 nitrogen and oxygen atoms in total. The Morgan fingerprint density at radius 2 is 1.92 bits per heavy atom. The second kappa shape index (κ2) is 10.5. The Morgan fingerprint density at radius 3 is 2.58 bits per heavy atom. The highest BCUT2D eigenvalue weighted by Gasteiger charge is 2.58. The number of carbonyl (C=O) groups is 1. The number of rotatable bonds is 7. The van der Waals surface area contributed by atoms with Crippen LogP contribution in [0.1, 0.15) is 32.4 Å². The molecule has 2 fully saturated rings. The van der Waals surface area contributed by atoms with Crippen molar-refractivity contribution in [2.45, 2.75) is 42.4 Å². The average Bonchev–Trinajstić information content (AvgIpc) is 3.72. The van der Waals surface area contributed by atoms with Crippen molar-refractivity contribution >= 4 is 28.1 Å². The summed E-state index contributed by atoms with van der Waals surface area (Å²) in [6, 6.07) is 14.5. The minimum Gasteiger partial charge on any atom is -0.377 e. The summed E-state index contributed by atoms with van der Waals surface area (Å²) in [4.78, 5) is 23.6. The van der Waals surface area contributed by atoms with Gasteiger partial charge in [0.15, 0.2) is 5.82 Å². The highest BCUT2D eigenvalue weighted by molar-refractivity contribution is 8.25. The zero-order valence-electron chi connectivity index (χ0n) is 21.4. The summed E-state index contributed by atoms with van der Waals surface area (Å²) in [6.45, 7) is 6.12. The summed E-state index contributed by atoms with van der Waals surface area (Å²) < 4.78 is 42.1. The maximum atomic E-state index is 14.7. The quantitative estimate of drug-likeness (QED) is 0.314. The molecular weight excluding hydrogens is 509 g/mol. The SMILES string of the molecule is CCNC(=O)Nc1ccc(-c2nc(N3CCOC[C@@H]3C)cc(C3(S(O)(O)c4ccccc4F)CC3)n2)cc1. The van der Waals surface area contributed by atoms with Crippen LogP contribution in [0.15, 0.2) is 59.5 Å². The molecule has 2 aromatic carbocycles. The Bertz CT molecular complexity index is 1320. The van der Waals surface area contributed by atoms with Crippen molar-refractivity contribution in [2.24, 2.45) is 0 Å². The summed E-state index contributed by atoms with van der Waals surface area (Å²) in [5, 5.41) is 5.46. The molecule has 3 aromatic rings. The van der Waals surface area contributed by atoms with Crippen molar-refractivity contribution in [3.8, 4) is 11.4 Å². The van der Waals surface area contributed by atoms with E-state index >= 15 is 0 Å². The number of halogens is 1. The monoisotopic (exact) mass is 541 g/mol. The number of urea groups is 1. The molecule has 2 amide bonds. The third-order valence-corrected chi connectivity index (χ3v) is 9.62. The molecular formula is C27H32FN5O4S. The number of benzene rings is 2. The summed E-state index contributed by atoms with van der Waals surface area (Å²) in [5.74, 6) is 0.418.